The molecule has 0 amide bonds. The molecular weight excluding hydrogens is 597 g/mol. The maximum atomic E-state index is 12.8. The molecule has 4 saturated carbocycles. The SMILES string of the molecule is CCC(CC)(O[Si](C)(C)C(C)(C)O[Si](C)(C)C1CC2CC1C1C(=O)OC(=O)C21)[Si](C)(C)C1CC2CC1C1C(=O)OC(=O)C21. The Balaban J connectivity index is 1.22. The second-order valence-electron chi connectivity index (χ2n) is 16.8. The van der Waals surface area contributed by atoms with Gasteiger partial charge in [0.05, 0.1) is 37.0 Å². The Morgan fingerprint density at radius 1 is 0.651 bits per heavy atom. The predicted molar refractivity (Wildman–Crippen MR) is 168 cm³/mol. The van der Waals surface area contributed by atoms with Crippen LogP contribution >= 0.6 is 0 Å². The fourth-order valence-corrected chi connectivity index (χ4v) is 25.0. The minimum Gasteiger partial charge on any atom is -0.412 e. The fourth-order valence-electron chi connectivity index (χ4n) is 11.4. The Morgan fingerprint density at radius 3 is 1.53 bits per heavy atom. The number of carbonyl (C=O) groups is 4. The van der Waals surface area contributed by atoms with E-state index < -0.39 is 29.9 Å². The first kappa shape index (κ1) is 31.8. The minimum atomic E-state index is -2.52. The second-order valence-corrected chi connectivity index (χ2v) is 30.5. The van der Waals surface area contributed by atoms with Gasteiger partial charge in [-0.1, -0.05) is 26.9 Å². The van der Waals surface area contributed by atoms with Gasteiger partial charge >= 0.3 is 23.9 Å². The Hall–Kier alpha value is -1.15. The highest BCUT2D eigenvalue weighted by atomic mass is 28.4. The molecule has 2 aliphatic heterocycles. The molecule has 240 valence electrons. The molecule has 4 bridgehead atoms. The van der Waals surface area contributed by atoms with Crippen LogP contribution in [0.3, 0.4) is 0 Å². The van der Waals surface area contributed by atoms with Crippen molar-refractivity contribution in [3.8, 4) is 0 Å². The highest BCUT2D eigenvalue weighted by Gasteiger charge is 2.69. The van der Waals surface area contributed by atoms with E-state index in [1.807, 2.05) is 0 Å². The third-order valence-corrected chi connectivity index (χ3v) is 27.5. The third-order valence-electron chi connectivity index (χ3n) is 14.1. The van der Waals surface area contributed by atoms with E-state index >= 15 is 0 Å². The lowest BCUT2D eigenvalue weighted by atomic mass is 9.81. The maximum absolute atomic E-state index is 12.8. The van der Waals surface area contributed by atoms with Gasteiger partial charge in [0.1, 0.15) is 0 Å². The summed E-state index contributed by atoms with van der Waals surface area (Å²) < 4.78 is 25.1. The molecule has 11 heteroatoms. The monoisotopic (exact) mass is 648 g/mol. The van der Waals surface area contributed by atoms with Crippen LogP contribution in [0.5, 0.6) is 0 Å². The zero-order valence-electron chi connectivity index (χ0n) is 27.8. The molecule has 0 aromatic heterocycles. The van der Waals surface area contributed by atoms with Crippen molar-refractivity contribution in [3.05, 3.63) is 0 Å². The predicted octanol–water partition coefficient (Wildman–Crippen LogP) is 6.01. The van der Waals surface area contributed by atoms with Crippen LogP contribution in [0.1, 0.15) is 66.2 Å². The summed E-state index contributed by atoms with van der Waals surface area (Å²) in [4.78, 5) is 50.2. The number of hydrogen-bond acceptors (Lipinski definition) is 8. The van der Waals surface area contributed by atoms with Crippen molar-refractivity contribution >= 4 is 48.6 Å². The minimum absolute atomic E-state index is 0.171. The Labute approximate surface area is 260 Å². The van der Waals surface area contributed by atoms with Crippen LogP contribution in [0.4, 0.5) is 0 Å². The van der Waals surface area contributed by atoms with Crippen molar-refractivity contribution in [2.45, 2.75) is 127 Å². The molecule has 2 saturated heterocycles. The molecule has 4 aliphatic carbocycles. The van der Waals surface area contributed by atoms with Gasteiger partial charge in [0.2, 0.25) is 8.32 Å². The molecule has 0 spiro atoms. The van der Waals surface area contributed by atoms with E-state index in [-0.39, 0.29) is 76.4 Å². The largest absolute Gasteiger partial charge is 0.412 e. The lowest BCUT2D eigenvalue weighted by Gasteiger charge is -2.56. The Morgan fingerprint density at radius 2 is 1.07 bits per heavy atom. The van der Waals surface area contributed by atoms with E-state index in [0.717, 1.165) is 38.5 Å². The molecule has 43 heavy (non-hydrogen) atoms. The molecule has 0 aromatic rings. The van der Waals surface area contributed by atoms with Crippen molar-refractivity contribution < 1.29 is 37.5 Å². The summed E-state index contributed by atoms with van der Waals surface area (Å²) in [6.07, 6.45) is 5.65. The molecule has 6 fully saturated rings. The molecule has 8 nitrogen and oxygen atoms in total. The van der Waals surface area contributed by atoms with E-state index in [1.54, 1.807) is 0 Å². The van der Waals surface area contributed by atoms with Crippen LogP contribution in [-0.4, -0.2) is 59.0 Å². The van der Waals surface area contributed by atoms with E-state index in [4.69, 9.17) is 18.3 Å². The number of rotatable bonds is 10. The van der Waals surface area contributed by atoms with Crippen molar-refractivity contribution in [2.75, 3.05) is 0 Å². The first-order chi connectivity index (χ1) is 19.8. The average molecular weight is 649 g/mol. The second kappa shape index (κ2) is 9.92. The molecule has 0 aromatic carbocycles. The lowest BCUT2D eigenvalue weighted by molar-refractivity contribution is -0.156. The van der Waals surface area contributed by atoms with Crippen LogP contribution in [0.15, 0.2) is 0 Å². The third kappa shape index (κ3) is 4.37. The van der Waals surface area contributed by atoms with E-state index in [2.05, 4.69) is 67.0 Å². The average Bonchev–Trinajstić information content (AvgIpc) is 3.73. The number of esters is 4. The highest BCUT2D eigenvalue weighted by Crippen LogP contribution is 2.66. The molecule has 2 heterocycles. The summed E-state index contributed by atoms with van der Waals surface area (Å²) in [5.74, 6) is -1.38. The van der Waals surface area contributed by atoms with Crippen molar-refractivity contribution in [3.63, 3.8) is 0 Å². The number of fused-ring (bicyclic) bond motifs is 10. The smallest absolute Gasteiger partial charge is 0.317 e. The molecule has 6 rings (SSSR count). The molecule has 10 atom stereocenters. The number of ether oxygens (including phenoxy) is 2. The summed E-state index contributed by atoms with van der Waals surface area (Å²) in [6, 6.07) is 0. The number of carbonyl (C=O) groups excluding carboxylic acids is 4. The molecule has 6 aliphatic rings. The van der Waals surface area contributed by atoms with Crippen molar-refractivity contribution in [2.24, 2.45) is 47.3 Å². The van der Waals surface area contributed by atoms with Crippen molar-refractivity contribution in [1.82, 2.24) is 0 Å². The van der Waals surface area contributed by atoms with E-state index in [1.165, 1.54) is 0 Å². The van der Waals surface area contributed by atoms with Gasteiger partial charge in [0.25, 0.3) is 0 Å². The number of hydrogen-bond donors (Lipinski definition) is 0. The van der Waals surface area contributed by atoms with Gasteiger partial charge in [-0.2, -0.15) is 0 Å². The van der Waals surface area contributed by atoms with Crippen LogP contribution in [0.25, 0.3) is 0 Å². The van der Waals surface area contributed by atoms with Gasteiger partial charge in [-0.3, -0.25) is 19.2 Å². The van der Waals surface area contributed by atoms with Crippen LogP contribution in [0.2, 0.25) is 50.4 Å². The zero-order chi connectivity index (χ0) is 31.7. The molecule has 0 N–H and O–H groups in total. The van der Waals surface area contributed by atoms with Crippen LogP contribution in [0, 0.1) is 47.3 Å². The van der Waals surface area contributed by atoms with E-state index in [0.29, 0.717) is 11.1 Å². The summed E-state index contributed by atoms with van der Waals surface area (Å²) in [7, 11) is -7.00. The first-order valence-electron chi connectivity index (χ1n) is 16.7. The van der Waals surface area contributed by atoms with Gasteiger partial charge in [0.15, 0.2) is 8.32 Å². The lowest BCUT2D eigenvalue weighted by Crippen LogP contribution is -2.68. The van der Waals surface area contributed by atoms with Crippen LogP contribution < -0.4 is 0 Å². The molecule has 0 radical (unpaired) electrons. The summed E-state index contributed by atoms with van der Waals surface area (Å²) >= 11 is 0. The molecular formula is C32H52O8Si3. The van der Waals surface area contributed by atoms with Crippen molar-refractivity contribution in [1.29, 1.82) is 0 Å². The van der Waals surface area contributed by atoms with Gasteiger partial charge in [-0.25, -0.2) is 0 Å². The Bertz CT molecular complexity index is 1240. The first-order valence-corrected chi connectivity index (χ1v) is 25.7. The van der Waals surface area contributed by atoms with Crippen LogP contribution in [-0.2, 0) is 37.5 Å². The zero-order valence-corrected chi connectivity index (χ0v) is 30.8. The standard InChI is InChI=1S/C32H52O8Si3/c1-11-32(12-2,41(5,6)21-15-17-13-19(21)25-23(17)27(33)37-29(25)35)40-43(9,10)31(3,4)39-42(7,8)22-16-18-14-20(22)26-24(18)28(34)38-30(26)36/h17-26H,11-16H2,1-10H3. The fraction of sp³-hybridized carbons (Fsp3) is 0.875. The normalized spacial score (nSPS) is 39.0. The summed E-state index contributed by atoms with van der Waals surface area (Å²) in [5.41, 5.74) is 0.720. The Kier molecular flexibility index (Phi) is 7.34. The van der Waals surface area contributed by atoms with Gasteiger partial charge in [0, 0.05) is 5.22 Å². The van der Waals surface area contributed by atoms with Gasteiger partial charge in [-0.15, -0.1) is 0 Å². The number of cyclic esters (lactones) is 4. The van der Waals surface area contributed by atoms with Gasteiger partial charge in [-0.05, 0) is 113 Å². The maximum Gasteiger partial charge on any atom is 0.317 e. The molecule has 10 unspecified atom stereocenters. The quantitative estimate of drug-likeness (QED) is 0.161. The highest BCUT2D eigenvalue weighted by molar-refractivity contribution is 6.84. The topological polar surface area (TPSA) is 105 Å². The summed E-state index contributed by atoms with van der Waals surface area (Å²) in [5, 5.41) is -0.753. The summed E-state index contributed by atoms with van der Waals surface area (Å²) in [6.45, 7) is 23.1. The van der Waals surface area contributed by atoms with E-state index in [9.17, 15) is 19.2 Å². The van der Waals surface area contributed by atoms with Gasteiger partial charge < -0.3 is 18.3 Å².